The second kappa shape index (κ2) is 9.37. The van der Waals surface area contributed by atoms with Gasteiger partial charge in [-0.2, -0.15) is 0 Å². The van der Waals surface area contributed by atoms with Crippen LogP contribution in [0.1, 0.15) is 12.5 Å². The molecule has 0 aromatic heterocycles. The monoisotopic (exact) mass is 284 g/mol. The molecule has 0 aliphatic rings. The first-order chi connectivity index (χ1) is 10.1. The van der Waals surface area contributed by atoms with Gasteiger partial charge in [0.25, 0.3) is 0 Å². The summed E-state index contributed by atoms with van der Waals surface area (Å²) in [5, 5.41) is 8.52. The topological polar surface area (TPSA) is 46.5 Å². The predicted molar refractivity (Wildman–Crippen MR) is 84.5 cm³/mol. The van der Waals surface area contributed by atoms with Crippen molar-refractivity contribution in [2.45, 2.75) is 19.4 Å². The third-order valence-corrected chi connectivity index (χ3v) is 2.63. The molecule has 21 heavy (non-hydrogen) atoms. The Bertz CT molecular complexity index is 535. The fourth-order valence-corrected chi connectivity index (χ4v) is 1.53. The van der Waals surface area contributed by atoms with Crippen LogP contribution in [0.3, 0.4) is 0 Å². The van der Waals surface area contributed by atoms with Gasteiger partial charge in [0.2, 0.25) is 0 Å². The number of aliphatic carboxylic acids is 1. The maximum absolute atomic E-state index is 10.4. The number of benzene rings is 2. The van der Waals surface area contributed by atoms with E-state index >= 15 is 0 Å². The van der Waals surface area contributed by atoms with Crippen molar-refractivity contribution in [3.05, 3.63) is 78.9 Å². The molecule has 2 aromatic rings. The van der Waals surface area contributed by atoms with Crippen molar-refractivity contribution in [2.24, 2.45) is 0 Å². The van der Waals surface area contributed by atoms with E-state index in [1.54, 1.807) is 24.3 Å². The number of carbonyl (C=O) groups is 1. The number of hydrogen-bond acceptors (Lipinski definition) is 2. The van der Waals surface area contributed by atoms with Crippen LogP contribution in [0.5, 0.6) is 5.75 Å². The Morgan fingerprint density at radius 2 is 1.67 bits per heavy atom. The number of carboxylic acid groups (broad SMARTS) is 1. The molecule has 0 aliphatic carbocycles. The fraction of sp³-hybridized carbons (Fsp3) is 0.167. The lowest BCUT2D eigenvalue weighted by Crippen LogP contribution is -2.22. The van der Waals surface area contributed by atoms with Crippen LogP contribution in [0, 0.1) is 0 Å². The van der Waals surface area contributed by atoms with Crippen LogP contribution in [-0.2, 0) is 11.2 Å². The fourth-order valence-electron chi connectivity index (χ4n) is 1.53. The SMILES string of the molecule is C=CCc1ccccc1.CC(Oc1ccccc1)C(=O)O. The van der Waals surface area contributed by atoms with Gasteiger partial charge < -0.3 is 9.84 Å². The van der Waals surface area contributed by atoms with Gasteiger partial charge in [-0.15, -0.1) is 6.58 Å². The molecule has 1 N–H and O–H groups in total. The van der Waals surface area contributed by atoms with E-state index in [0.717, 1.165) is 6.42 Å². The van der Waals surface area contributed by atoms with Crippen LogP contribution >= 0.6 is 0 Å². The molecule has 1 atom stereocenters. The lowest BCUT2D eigenvalue weighted by molar-refractivity contribution is -0.144. The molecule has 0 heterocycles. The number of ether oxygens (including phenoxy) is 1. The number of para-hydroxylation sites is 1. The zero-order valence-electron chi connectivity index (χ0n) is 12.1. The Morgan fingerprint density at radius 3 is 2.14 bits per heavy atom. The van der Waals surface area contributed by atoms with Crippen molar-refractivity contribution >= 4 is 5.97 Å². The Labute approximate surface area is 125 Å². The number of rotatable bonds is 5. The zero-order chi connectivity index (χ0) is 15.5. The summed E-state index contributed by atoms with van der Waals surface area (Å²) in [5.41, 5.74) is 1.33. The largest absolute Gasteiger partial charge is 0.479 e. The molecule has 1 unspecified atom stereocenters. The summed E-state index contributed by atoms with van der Waals surface area (Å²) in [6.07, 6.45) is 2.09. The van der Waals surface area contributed by atoms with Crippen molar-refractivity contribution in [3.63, 3.8) is 0 Å². The second-order valence-corrected chi connectivity index (χ2v) is 4.39. The van der Waals surface area contributed by atoms with Crippen molar-refractivity contribution < 1.29 is 14.6 Å². The average molecular weight is 284 g/mol. The summed E-state index contributed by atoms with van der Waals surface area (Å²) in [7, 11) is 0. The number of hydrogen-bond donors (Lipinski definition) is 1. The molecule has 2 aromatic carbocycles. The van der Waals surface area contributed by atoms with Crippen LogP contribution in [0.2, 0.25) is 0 Å². The van der Waals surface area contributed by atoms with Crippen LogP contribution < -0.4 is 4.74 Å². The average Bonchev–Trinajstić information content (AvgIpc) is 2.50. The third kappa shape index (κ3) is 6.97. The molecule has 0 bridgehead atoms. The molecule has 3 heteroatoms. The molecule has 0 saturated carbocycles. The van der Waals surface area contributed by atoms with E-state index in [-0.39, 0.29) is 0 Å². The molecule has 0 aliphatic heterocycles. The second-order valence-electron chi connectivity index (χ2n) is 4.39. The molecule has 0 radical (unpaired) electrons. The zero-order valence-corrected chi connectivity index (χ0v) is 12.1. The van der Waals surface area contributed by atoms with Crippen LogP contribution in [0.25, 0.3) is 0 Å². The Balaban J connectivity index is 0.000000219. The maximum Gasteiger partial charge on any atom is 0.344 e. The predicted octanol–water partition coefficient (Wildman–Crippen LogP) is 3.95. The third-order valence-electron chi connectivity index (χ3n) is 2.63. The normalized spacial score (nSPS) is 10.7. The van der Waals surface area contributed by atoms with E-state index in [2.05, 4.69) is 18.7 Å². The highest BCUT2D eigenvalue weighted by molar-refractivity contribution is 5.72. The summed E-state index contributed by atoms with van der Waals surface area (Å²) >= 11 is 0. The molecular weight excluding hydrogens is 264 g/mol. The van der Waals surface area contributed by atoms with Gasteiger partial charge in [0.15, 0.2) is 6.10 Å². The van der Waals surface area contributed by atoms with Crippen LogP contribution in [-0.4, -0.2) is 17.2 Å². The van der Waals surface area contributed by atoms with Crippen molar-refractivity contribution in [3.8, 4) is 5.75 Å². The van der Waals surface area contributed by atoms with Gasteiger partial charge in [0, 0.05) is 0 Å². The van der Waals surface area contributed by atoms with Gasteiger partial charge in [-0.05, 0) is 31.0 Å². The van der Waals surface area contributed by atoms with Crippen LogP contribution in [0.15, 0.2) is 73.3 Å². The first-order valence-corrected chi connectivity index (χ1v) is 6.72. The minimum atomic E-state index is -0.959. The van der Waals surface area contributed by atoms with E-state index in [1.165, 1.54) is 12.5 Å². The maximum atomic E-state index is 10.4. The minimum absolute atomic E-state index is 0.576. The van der Waals surface area contributed by atoms with Crippen molar-refractivity contribution in [1.29, 1.82) is 0 Å². The van der Waals surface area contributed by atoms with Crippen LogP contribution in [0.4, 0.5) is 0 Å². The molecular formula is C18H20O3. The highest BCUT2D eigenvalue weighted by atomic mass is 16.5. The molecule has 3 nitrogen and oxygen atoms in total. The Morgan fingerprint density at radius 1 is 1.14 bits per heavy atom. The quantitative estimate of drug-likeness (QED) is 0.845. The lowest BCUT2D eigenvalue weighted by atomic mass is 10.2. The lowest BCUT2D eigenvalue weighted by Gasteiger charge is -2.09. The van der Waals surface area contributed by atoms with Gasteiger partial charge in [-0.3, -0.25) is 0 Å². The van der Waals surface area contributed by atoms with E-state index < -0.39 is 12.1 Å². The molecule has 0 saturated heterocycles. The summed E-state index contributed by atoms with van der Waals surface area (Å²) in [6.45, 7) is 5.15. The van der Waals surface area contributed by atoms with E-state index in [9.17, 15) is 4.79 Å². The van der Waals surface area contributed by atoms with Gasteiger partial charge in [0.1, 0.15) is 5.75 Å². The molecule has 0 fully saturated rings. The van der Waals surface area contributed by atoms with Crippen molar-refractivity contribution in [2.75, 3.05) is 0 Å². The van der Waals surface area contributed by atoms with Gasteiger partial charge in [0.05, 0.1) is 0 Å². The molecule has 110 valence electrons. The highest BCUT2D eigenvalue weighted by Crippen LogP contribution is 2.10. The van der Waals surface area contributed by atoms with Gasteiger partial charge >= 0.3 is 5.97 Å². The first-order valence-electron chi connectivity index (χ1n) is 6.72. The van der Waals surface area contributed by atoms with E-state index in [0.29, 0.717) is 5.75 Å². The standard InChI is InChI=1S/C9H10O3.C9H10/c1-7(9(10)11)12-8-5-3-2-4-6-8;1-2-6-9-7-4-3-5-8-9/h2-7H,1H3,(H,10,11);2-5,7-8H,1,6H2. The highest BCUT2D eigenvalue weighted by Gasteiger charge is 2.11. The summed E-state index contributed by atoms with van der Waals surface area (Å²) in [4.78, 5) is 10.4. The Kier molecular flexibility index (Phi) is 7.36. The van der Waals surface area contributed by atoms with Crippen molar-refractivity contribution in [1.82, 2.24) is 0 Å². The smallest absolute Gasteiger partial charge is 0.344 e. The summed E-state index contributed by atoms with van der Waals surface area (Å²) in [6, 6.07) is 19.2. The number of carboxylic acids is 1. The minimum Gasteiger partial charge on any atom is -0.479 e. The molecule has 0 spiro atoms. The summed E-state index contributed by atoms with van der Waals surface area (Å²) in [5.74, 6) is -0.383. The van der Waals surface area contributed by atoms with Gasteiger partial charge in [-0.25, -0.2) is 4.79 Å². The van der Waals surface area contributed by atoms with Gasteiger partial charge in [-0.1, -0.05) is 54.6 Å². The first kappa shape index (κ1) is 16.5. The van der Waals surface area contributed by atoms with E-state index in [1.807, 2.05) is 30.3 Å². The number of allylic oxidation sites excluding steroid dienone is 1. The Hall–Kier alpha value is -2.55. The molecule has 0 amide bonds. The molecule has 2 rings (SSSR count). The van der Waals surface area contributed by atoms with E-state index in [4.69, 9.17) is 9.84 Å². The summed E-state index contributed by atoms with van der Waals surface area (Å²) < 4.78 is 5.08.